The molecule has 17 heteroatoms. The van der Waals surface area contributed by atoms with Gasteiger partial charge in [-0.05, 0) is 74.9 Å². The number of aromatic hydroxyl groups is 1. The van der Waals surface area contributed by atoms with Crippen LogP contribution in [0.15, 0.2) is 60.8 Å². The molecule has 9 rings (SSSR count). The van der Waals surface area contributed by atoms with Gasteiger partial charge in [-0.1, -0.05) is 30.2 Å². The number of piperazine rings is 1. The number of anilines is 1. The Bertz CT molecular complexity index is 2590. The number of phenols is 1. The van der Waals surface area contributed by atoms with Crippen molar-refractivity contribution < 1.29 is 41.6 Å². The number of benzene rings is 3. The number of carbonyl (C=O) groups excluding carboxylic acids is 1. The molecule has 2 N–H and O–H groups in total. The lowest BCUT2D eigenvalue weighted by atomic mass is 9.95. The van der Waals surface area contributed by atoms with Crippen LogP contribution in [0.4, 0.5) is 19.0 Å². The monoisotopic (exact) mass is 841 g/mol. The number of fused-ring (bicyclic) bond motifs is 5. The number of halogens is 3. The lowest BCUT2D eigenvalue weighted by Gasteiger charge is -2.44. The number of hydrogen-bond donors (Lipinski definition) is 2. The highest BCUT2D eigenvalue weighted by atomic mass is 31.2. The number of phenolic OH excluding ortho intramolecular Hbond substituents is 1. The fraction of sp³-hybridized carbons (Fsp3) is 0.395. The van der Waals surface area contributed by atoms with Crippen LogP contribution in [-0.4, -0.2) is 105 Å². The summed E-state index contributed by atoms with van der Waals surface area (Å²) < 4.78 is 81.4. The lowest BCUT2D eigenvalue weighted by molar-refractivity contribution is -0.142. The van der Waals surface area contributed by atoms with Crippen LogP contribution in [0.5, 0.6) is 17.5 Å². The summed E-state index contributed by atoms with van der Waals surface area (Å²) in [5.74, 6) is 0.640. The highest BCUT2D eigenvalue weighted by Gasteiger charge is 2.52. The normalized spacial score (nSPS) is 24.3. The van der Waals surface area contributed by atoms with Crippen LogP contribution in [0.1, 0.15) is 44.6 Å². The Morgan fingerprint density at radius 1 is 1.12 bits per heavy atom. The average Bonchev–Trinajstić information content (AvgIpc) is 3.86. The molecule has 4 saturated heterocycles. The van der Waals surface area contributed by atoms with Gasteiger partial charge in [-0.3, -0.25) is 14.7 Å². The van der Waals surface area contributed by atoms with Crippen LogP contribution >= 0.6 is 7.67 Å². The maximum absolute atomic E-state index is 17.3. The van der Waals surface area contributed by atoms with Gasteiger partial charge in [-0.15, -0.1) is 6.42 Å². The third kappa shape index (κ3) is 6.97. The fourth-order valence-electron chi connectivity index (χ4n) is 9.64. The van der Waals surface area contributed by atoms with Crippen molar-refractivity contribution in [3.8, 4) is 41.1 Å². The standard InChI is InChI=1S/C43H43F3N7O6P/c1-4-32-35(45)14-11-26-17-30(54)18-33(36(26)32)38-37(46)39-34(20-47-38)40(49-42(48-39)58-24-43-15-8-16-52(43)21-27(44)19-43)51-22-28-12-13-29(23-51)53(28)60(56,50-25(2)41(55)57-3)59-31-9-6-5-7-10-31/h1,5-7,9-11,14,17-18,20,25,27-29,54H,8,12-13,15-16,19,21-24H2,2-3H3,(H,50,56)/t25-,27+,28?,29?,43-,60?/m0/s1. The predicted octanol–water partition coefficient (Wildman–Crippen LogP) is 6.76. The molecular formula is C43H43F3N7O6P. The van der Waals surface area contributed by atoms with E-state index in [4.69, 9.17) is 25.4 Å². The van der Waals surface area contributed by atoms with E-state index in [0.29, 0.717) is 42.8 Å². The summed E-state index contributed by atoms with van der Waals surface area (Å²) in [6, 6.07) is 12.2. The first-order valence-electron chi connectivity index (χ1n) is 19.9. The highest BCUT2D eigenvalue weighted by molar-refractivity contribution is 7.54. The van der Waals surface area contributed by atoms with E-state index in [9.17, 15) is 14.3 Å². The largest absolute Gasteiger partial charge is 0.508 e. The molecule has 6 atom stereocenters. The molecule has 0 amide bonds. The average molecular weight is 842 g/mol. The van der Waals surface area contributed by atoms with Gasteiger partial charge in [0.1, 0.15) is 53.2 Å². The Balaban J connectivity index is 1.13. The molecule has 0 spiro atoms. The number of hydrogen-bond acceptors (Lipinski definition) is 11. The lowest BCUT2D eigenvalue weighted by Crippen LogP contribution is -2.55. The van der Waals surface area contributed by atoms with Crippen molar-refractivity contribution in [2.45, 2.75) is 68.9 Å². The van der Waals surface area contributed by atoms with Gasteiger partial charge in [-0.25, -0.2) is 22.8 Å². The highest BCUT2D eigenvalue weighted by Crippen LogP contribution is 2.55. The summed E-state index contributed by atoms with van der Waals surface area (Å²) in [7, 11) is -2.70. The molecule has 4 aliphatic rings. The second-order valence-electron chi connectivity index (χ2n) is 16.0. The zero-order chi connectivity index (χ0) is 41.9. The summed E-state index contributed by atoms with van der Waals surface area (Å²) >= 11 is 0. The van der Waals surface area contributed by atoms with E-state index in [1.807, 2.05) is 15.6 Å². The van der Waals surface area contributed by atoms with Gasteiger partial charge in [0, 0.05) is 55.3 Å². The maximum Gasteiger partial charge on any atom is 0.394 e. The van der Waals surface area contributed by atoms with Crippen molar-refractivity contribution >= 4 is 41.1 Å². The Morgan fingerprint density at radius 2 is 1.88 bits per heavy atom. The van der Waals surface area contributed by atoms with E-state index < -0.39 is 43.0 Å². The summed E-state index contributed by atoms with van der Waals surface area (Å²) in [5, 5.41) is 14.5. The molecule has 4 fully saturated rings. The van der Waals surface area contributed by atoms with E-state index >= 15 is 13.3 Å². The molecule has 4 aliphatic heterocycles. The molecule has 312 valence electrons. The minimum Gasteiger partial charge on any atom is -0.508 e. The zero-order valence-electron chi connectivity index (χ0n) is 33.0. The zero-order valence-corrected chi connectivity index (χ0v) is 33.9. The van der Waals surface area contributed by atoms with Gasteiger partial charge in [-0.2, -0.15) is 14.6 Å². The van der Waals surface area contributed by atoms with Crippen molar-refractivity contribution in [2.75, 3.05) is 44.8 Å². The van der Waals surface area contributed by atoms with Gasteiger partial charge in [0.15, 0.2) is 5.82 Å². The number of esters is 1. The second-order valence-corrected chi connectivity index (χ2v) is 17.9. The Morgan fingerprint density at radius 3 is 2.62 bits per heavy atom. The van der Waals surface area contributed by atoms with Crippen molar-refractivity contribution in [2.24, 2.45) is 0 Å². The molecule has 2 bridgehead atoms. The number of nitrogens with one attached hydrogen (secondary N) is 1. The fourth-order valence-corrected chi connectivity index (χ4v) is 12.2. The maximum atomic E-state index is 17.3. The van der Waals surface area contributed by atoms with Crippen LogP contribution in [0.2, 0.25) is 0 Å². The van der Waals surface area contributed by atoms with Crippen LogP contribution in [0.3, 0.4) is 0 Å². The SMILES string of the molecule is C#Cc1c(F)ccc2cc(O)cc(-c3ncc4c(N5CC6CCC(C5)N6P(=O)(N[C@@H](C)C(=O)OC)Oc5ccccc5)nc(OC[C@@]56CCCN5C[C@H](F)C6)nc4c3F)c12. The molecule has 3 unspecified atom stereocenters. The molecule has 0 aliphatic carbocycles. The number of methoxy groups -OCH3 is 1. The Kier molecular flexibility index (Phi) is 10.3. The van der Waals surface area contributed by atoms with Crippen LogP contribution in [-0.2, 0) is 14.1 Å². The topological polar surface area (TPSA) is 142 Å². The van der Waals surface area contributed by atoms with E-state index in [1.165, 1.54) is 37.6 Å². The van der Waals surface area contributed by atoms with E-state index in [0.717, 1.165) is 19.4 Å². The quantitative estimate of drug-likeness (QED) is 0.0823. The number of rotatable bonds is 11. The van der Waals surface area contributed by atoms with Gasteiger partial charge < -0.3 is 24.0 Å². The Labute approximate surface area is 344 Å². The van der Waals surface area contributed by atoms with Crippen molar-refractivity contribution in [3.63, 3.8) is 0 Å². The van der Waals surface area contributed by atoms with Gasteiger partial charge in [0.05, 0.1) is 23.6 Å². The number of terminal acetylenes is 1. The molecule has 60 heavy (non-hydrogen) atoms. The molecule has 2 aromatic heterocycles. The first-order chi connectivity index (χ1) is 28.9. The van der Waals surface area contributed by atoms with E-state index in [1.54, 1.807) is 31.2 Å². The molecule has 3 aromatic carbocycles. The van der Waals surface area contributed by atoms with E-state index in [-0.39, 0.29) is 76.7 Å². The minimum absolute atomic E-state index is 0.0643. The third-order valence-electron chi connectivity index (χ3n) is 12.3. The second kappa shape index (κ2) is 15.5. The van der Waals surface area contributed by atoms with E-state index in [2.05, 4.69) is 25.9 Å². The molecule has 5 aromatic rings. The van der Waals surface area contributed by atoms with Crippen LogP contribution < -0.4 is 19.2 Å². The third-order valence-corrected chi connectivity index (χ3v) is 14.7. The molecule has 13 nitrogen and oxygen atoms in total. The number of ether oxygens (including phenoxy) is 2. The number of carbonyl (C=O) groups is 1. The van der Waals surface area contributed by atoms with Crippen LogP contribution in [0, 0.1) is 24.0 Å². The minimum atomic E-state index is -3.96. The smallest absolute Gasteiger partial charge is 0.394 e. The summed E-state index contributed by atoms with van der Waals surface area (Å²) in [5.41, 5.74) is -0.972. The molecule has 0 saturated carbocycles. The summed E-state index contributed by atoms with van der Waals surface area (Å²) in [4.78, 5) is 30.6. The van der Waals surface area contributed by atoms with Gasteiger partial charge >= 0.3 is 19.7 Å². The summed E-state index contributed by atoms with van der Waals surface area (Å²) in [6.07, 6.45) is 9.34. The van der Waals surface area contributed by atoms with Crippen molar-refractivity contribution in [1.29, 1.82) is 0 Å². The number of para-hydroxylation sites is 1. The Hall–Kier alpha value is -5.46. The first-order valence-corrected chi connectivity index (χ1v) is 21.5. The first kappa shape index (κ1) is 40.0. The number of nitrogens with zero attached hydrogens (tertiary/aromatic N) is 6. The van der Waals surface area contributed by atoms with Crippen molar-refractivity contribution in [1.82, 2.24) is 29.6 Å². The predicted molar refractivity (Wildman–Crippen MR) is 218 cm³/mol. The summed E-state index contributed by atoms with van der Waals surface area (Å²) in [6.45, 7) is 3.24. The molecule has 0 radical (unpaired) electrons. The van der Waals surface area contributed by atoms with Crippen LogP contribution in [0.25, 0.3) is 32.9 Å². The van der Waals surface area contributed by atoms with Gasteiger partial charge in [0.2, 0.25) is 0 Å². The number of aromatic nitrogens is 3. The molecule has 6 heterocycles. The molecular weight excluding hydrogens is 798 g/mol. The van der Waals surface area contributed by atoms with Crippen molar-refractivity contribution in [3.05, 3.63) is 78.0 Å². The number of alkyl halides is 1. The van der Waals surface area contributed by atoms with Gasteiger partial charge in [0.25, 0.3) is 0 Å². The number of pyridine rings is 1.